The highest BCUT2D eigenvalue weighted by molar-refractivity contribution is 7.09. The maximum atomic E-state index is 5.80. The van der Waals surface area contributed by atoms with Crippen molar-refractivity contribution in [2.24, 2.45) is 5.41 Å². The Morgan fingerprint density at radius 1 is 1.47 bits per heavy atom. The SMILES string of the molecule is Cc1nsc(NC(CCCl)C(C)(C)C)n1. The normalized spacial score (nSPS) is 13.9. The molecule has 1 atom stereocenters. The number of aryl methyl sites for hydroxylation is 1. The fourth-order valence-corrected chi connectivity index (χ4v) is 2.18. The second-order valence-corrected chi connectivity index (χ2v) is 5.82. The fraction of sp³-hybridized carbons (Fsp3) is 0.800. The Bertz CT molecular complexity index is 306. The summed E-state index contributed by atoms with van der Waals surface area (Å²) in [5.74, 6) is 1.48. The minimum atomic E-state index is 0.175. The Balaban J connectivity index is 2.66. The summed E-state index contributed by atoms with van der Waals surface area (Å²) in [4.78, 5) is 4.30. The van der Waals surface area contributed by atoms with Crippen LogP contribution in [-0.4, -0.2) is 21.3 Å². The van der Waals surface area contributed by atoms with Crippen molar-refractivity contribution in [3.8, 4) is 0 Å². The lowest BCUT2D eigenvalue weighted by molar-refractivity contribution is 0.334. The number of alkyl halides is 1. The highest BCUT2D eigenvalue weighted by atomic mass is 35.5. The van der Waals surface area contributed by atoms with Gasteiger partial charge in [0.2, 0.25) is 5.13 Å². The average molecular weight is 248 g/mol. The molecule has 0 aromatic carbocycles. The van der Waals surface area contributed by atoms with Gasteiger partial charge in [0, 0.05) is 23.5 Å². The fourth-order valence-electron chi connectivity index (χ4n) is 1.34. The van der Waals surface area contributed by atoms with Crippen LogP contribution in [-0.2, 0) is 0 Å². The van der Waals surface area contributed by atoms with E-state index in [1.807, 2.05) is 6.92 Å². The summed E-state index contributed by atoms with van der Waals surface area (Å²) in [6.45, 7) is 8.50. The molecule has 0 saturated carbocycles. The monoisotopic (exact) mass is 247 g/mol. The van der Waals surface area contributed by atoms with Gasteiger partial charge in [0.1, 0.15) is 5.82 Å². The van der Waals surface area contributed by atoms with Gasteiger partial charge in [-0.15, -0.1) is 11.6 Å². The quantitative estimate of drug-likeness (QED) is 0.830. The van der Waals surface area contributed by atoms with Crippen LogP contribution in [0.25, 0.3) is 0 Å². The van der Waals surface area contributed by atoms with Gasteiger partial charge in [0.05, 0.1) is 0 Å². The van der Waals surface area contributed by atoms with Crippen molar-refractivity contribution in [3.63, 3.8) is 0 Å². The Morgan fingerprint density at radius 2 is 2.13 bits per heavy atom. The molecular weight excluding hydrogens is 230 g/mol. The van der Waals surface area contributed by atoms with Crippen LogP contribution in [0.3, 0.4) is 0 Å². The minimum absolute atomic E-state index is 0.175. The Kier molecular flexibility index (Phi) is 4.34. The number of anilines is 1. The van der Waals surface area contributed by atoms with E-state index in [1.165, 1.54) is 11.5 Å². The molecule has 0 spiro atoms. The van der Waals surface area contributed by atoms with Gasteiger partial charge in [-0.25, -0.2) is 4.98 Å². The van der Waals surface area contributed by atoms with Crippen molar-refractivity contribution in [2.75, 3.05) is 11.2 Å². The predicted molar refractivity (Wildman–Crippen MR) is 66.8 cm³/mol. The zero-order valence-electron chi connectivity index (χ0n) is 9.67. The highest BCUT2D eigenvalue weighted by Gasteiger charge is 2.24. The van der Waals surface area contributed by atoms with Gasteiger partial charge in [-0.1, -0.05) is 20.8 Å². The van der Waals surface area contributed by atoms with Gasteiger partial charge in [0.15, 0.2) is 0 Å². The topological polar surface area (TPSA) is 37.8 Å². The number of hydrogen-bond acceptors (Lipinski definition) is 4. The molecule has 0 saturated heterocycles. The summed E-state index contributed by atoms with van der Waals surface area (Å²) in [6.07, 6.45) is 0.934. The first-order valence-electron chi connectivity index (χ1n) is 5.06. The van der Waals surface area contributed by atoms with Crippen LogP contribution >= 0.6 is 23.1 Å². The van der Waals surface area contributed by atoms with E-state index in [1.54, 1.807) is 0 Å². The van der Waals surface area contributed by atoms with Gasteiger partial charge in [0.25, 0.3) is 0 Å². The zero-order valence-corrected chi connectivity index (χ0v) is 11.2. The summed E-state index contributed by atoms with van der Waals surface area (Å²) < 4.78 is 4.15. The number of hydrogen-bond donors (Lipinski definition) is 1. The summed E-state index contributed by atoms with van der Waals surface area (Å²) in [7, 11) is 0. The lowest BCUT2D eigenvalue weighted by Crippen LogP contribution is -2.34. The van der Waals surface area contributed by atoms with E-state index in [9.17, 15) is 0 Å². The molecule has 5 heteroatoms. The third-order valence-electron chi connectivity index (χ3n) is 2.27. The van der Waals surface area contributed by atoms with E-state index in [2.05, 4.69) is 35.4 Å². The third kappa shape index (κ3) is 3.95. The molecule has 1 aromatic heterocycles. The highest BCUT2D eigenvalue weighted by Crippen LogP contribution is 2.26. The smallest absolute Gasteiger partial charge is 0.202 e. The number of nitrogens with zero attached hydrogens (tertiary/aromatic N) is 2. The van der Waals surface area contributed by atoms with Gasteiger partial charge < -0.3 is 5.32 Å². The van der Waals surface area contributed by atoms with E-state index in [4.69, 9.17) is 11.6 Å². The third-order valence-corrected chi connectivity index (χ3v) is 3.22. The second-order valence-electron chi connectivity index (χ2n) is 4.69. The number of halogens is 1. The summed E-state index contributed by atoms with van der Waals surface area (Å²) >= 11 is 7.21. The first-order valence-corrected chi connectivity index (χ1v) is 6.37. The Morgan fingerprint density at radius 3 is 2.53 bits per heavy atom. The van der Waals surface area contributed by atoms with Crippen LogP contribution in [0.4, 0.5) is 5.13 Å². The van der Waals surface area contributed by atoms with Gasteiger partial charge in [-0.3, -0.25) is 0 Å². The molecule has 1 heterocycles. The lowest BCUT2D eigenvalue weighted by atomic mass is 9.85. The number of rotatable bonds is 4. The molecule has 3 nitrogen and oxygen atoms in total. The van der Waals surface area contributed by atoms with Gasteiger partial charge in [-0.05, 0) is 18.8 Å². The van der Waals surface area contributed by atoms with Crippen LogP contribution in [0.5, 0.6) is 0 Å². The molecule has 0 bridgehead atoms. The van der Waals surface area contributed by atoms with E-state index in [0.717, 1.165) is 17.4 Å². The van der Waals surface area contributed by atoms with E-state index < -0.39 is 0 Å². The molecule has 0 fully saturated rings. The van der Waals surface area contributed by atoms with Crippen molar-refractivity contribution >= 4 is 28.3 Å². The largest absolute Gasteiger partial charge is 0.357 e. The number of aromatic nitrogens is 2. The van der Waals surface area contributed by atoms with E-state index in [-0.39, 0.29) is 5.41 Å². The van der Waals surface area contributed by atoms with Crippen LogP contribution in [0.15, 0.2) is 0 Å². The molecule has 0 aliphatic carbocycles. The summed E-state index contributed by atoms with van der Waals surface area (Å²) in [6, 6.07) is 0.336. The van der Waals surface area contributed by atoms with Crippen molar-refractivity contribution in [1.82, 2.24) is 9.36 Å². The molecule has 1 aromatic rings. The van der Waals surface area contributed by atoms with Crippen LogP contribution in [0.1, 0.15) is 33.0 Å². The van der Waals surface area contributed by atoms with Crippen molar-refractivity contribution in [1.29, 1.82) is 0 Å². The second kappa shape index (κ2) is 5.12. The van der Waals surface area contributed by atoms with Crippen molar-refractivity contribution in [3.05, 3.63) is 5.82 Å². The zero-order chi connectivity index (χ0) is 11.5. The van der Waals surface area contributed by atoms with Gasteiger partial charge in [-0.2, -0.15) is 4.37 Å². The average Bonchev–Trinajstić information content (AvgIpc) is 2.49. The van der Waals surface area contributed by atoms with Crippen LogP contribution in [0.2, 0.25) is 0 Å². The predicted octanol–water partition coefficient (Wildman–Crippen LogP) is 3.30. The molecule has 0 aliphatic heterocycles. The molecule has 86 valence electrons. The molecule has 1 unspecified atom stereocenters. The number of nitrogens with one attached hydrogen (secondary N) is 1. The van der Waals surface area contributed by atoms with E-state index in [0.29, 0.717) is 11.9 Å². The van der Waals surface area contributed by atoms with Crippen LogP contribution < -0.4 is 5.32 Å². The minimum Gasteiger partial charge on any atom is -0.357 e. The Labute approximate surface area is 100 Å². The van der Waals surface area contributed by atoms with Crippen molar-refractivity contribution < 1.29 is 0 Å². The first kappa shape index (κ1) is 12.7. The Hall–Kier alpha value is -0.350. The van der Waals surface area contributed by atoms with Crippen LogP contribution in [0, 0.1) is 12.3 Å². The summed E-state index contributed by atoms with van der Waals surface area (Å²) in [5.41, 5.74) is 0.175. The molecule has 1 rings (SSSR count). The van der Waals surface area contributed by atoms with E-state index >= 15 is 0 Å². The maximum Gasteiger partial charge on any atom is 0.202 e. The van der Waals surface area contributed by atoms with Crippen molar-refractivity contribution in [2.45, 2.75) is 40.2 Å². The molecule has 0 aliphatic rings. The molecule has 15 heavy (non-hydrogen) atoms. The maximum absolute atomic E-state index is 5.80. The molecular formula is C10H18ClN3S. The molecule has 0 amide bonds. The molecule has 0 radical (unpaired) electrons. The lowest BCUT2D eigenvalue weighted by Gasteiger charge is -2.30. The molecule has 1 N–H and O–H groups in total. The summed E-state index contributed by atoms with van der Waals surface area (Å²) in [5, 5.41) is 4.29. The standard InChI is InChI=1S/C10H18ClN3S/c1-7-12-9(15-14-7)13-8(5-6-11)10(2,3)4/h8H,5-6H2,1-4H3,(H,12,13,14). The first-order chi connectivity index (χ1) is 6.93. The van der Waals surface area contributed by atoms with Gasteiger partial charge >= 0.3 is 0 Å².